The summed E-state index contributed by atoms with van der Waals surface area (Å²) in [4.78, 5) is 15.4. The molecule has 4 rings (SSSR count). The molecule has 1 aliphatic heterocycles. The summed E-state index contributed by atoms with van der Waals surface area (Å²) >= 11 is 3.71. The van der Waals surface area contributed by atoms with E-state index >= 15 is 0 Å². The van der Waals surface area contributed by atoms with Crippen molar-refractivity contribution in [3.8, 4) is 0 Å². The molecule has 0 saturated carbocycles. The van der Waals surface area contributed by atoms with Crippen LogP contribution in [0.3, 0.4) is 0 Å². The number of amides is 1. The molecule has 0 N–H and O–H groups in total. The zero-order chi connectivity index (χ0) is 17.4. The van der Waals surface area contributed by atoms with Gasteiger partial charge in [-0.3, -0.25) is 4.79 Å². The Labute approximate surface area is 157 Å². The Hall–Kier alpha value is -1.87. The summed E-state index contributed by atoms with van der Waals surface area (Å²) in [6.45, 7) is 2.87. The van der Waals surface area contributed by atoms with Crippen LogP contribution in [0.4, 0.5) is 0 Å². The van der Waals surface area contributed by atoms with Crippen molar-refractivity contribution in [1.29, 1.82) is 0 Å². The average Bonchev–Trinajstić information content (AvgIpc) is 2.88. The van der Waals surface area contributed by atoms with Crippen molar-refractivity contribution in [2.75, 3.05) is 0 Å². The molecule has 0 unspecified atom stereocenters. The van der Waals surface area contributed by atoms with Gasteiger partial charge in [0.1, 0.15) is 0 Å². The van der Waals surface area contributed by atoms with Gasteiger partial charge in [0, 0.05) is 22.9 Å². The lowest BCUT2D eigenvalue weighted by Crippen LogP contribution is -2.29. The van der Waals surface area contributed by atoms with Gasteiger partial charge in [0.2, 0.25) is 5.91 Å². The summed E-state index contributed by atoms with van der Waals surface area (Å²) in [5.41, 5.74) is 2.39. The predicted octanol–water partition coefficient (Wildman–Crippen LogP) is 5.36. The maximum Gasteiger partial charge on any atom is 0.227 e. The Bertz CT molecular complexity index is 801. The molecule has 4 atom stereocenters. The van der Waals surface area contributed by atoms with Crippen LogP contribution in [0.1, 0.15) is 30.5 Å². The molecule has 2 nitrogen and oxygen atoms in total. The van der Waals surface area contributed by atoms with Gasteiger partial charge in [0.05, 0.1) is 6.04 Å². The smallest absolute Gasteiger partial charge is 0.227 e. The van der Waals surface area contributed by atoms with Crippen LogP contribution >= 0.6 is 15.9 Å². The first-order valence-electron chi connectivity index (χ1n) is 8.92. The van der Waals surface area contributed by atoms with Crippen molar-refractivity contribution in [2.45, 2.75) is 25.9 Å². The lowest BCUT2D eigenvalue weighted by molar-refractivity contribution is -0.133. The summed E-state index contributed by atoms with van der Waals surface area (Å²) in [5, 5.41) is 0. The number of hydrogen-bond donors (Lipinski definition) is 0. The summed E-state index contributed by atoms with van der Waals surface area (Å²) in [5.74, 6) is 1.12. The van der Waals surface area contributed by atoms with Crippen molar-refractivity contribution in [3.05, 3.63) is 82.3 Å². The van der Waals surface area contributed by atoms with Crippen LogP contribution in [0.5, 0.6) is 0 Å². The van der Waals surface area contributed by atoms with Gasteiger partial charge in [0.25, 0.3) is 0 Å². The van der Waals surface area contributed by atoms with Gasteiger partial charge in [-0.1, -0.05) is 83.5 Å². The highest BCUT2D eigenvalue weighted by atomic mass is 79.9. The highest BCUT2D eigenvalue weighted by Gasteiger charge is 2.48. The number of nitrogens with zero attached hydrogens (tertiary/aromatic N) is 1. The van der Waals surface area contributed by atoms with Crippen LogP contribution in [-0.2, 0) is 11.3 Å². The van der Waals surface area contributed by atoms with E-state index in [9.17, 15) is 4.79 Å². The second-order valence-electron chi connectivity index (χ2n) is 7.20. The quantitative estimate of drug-likeness (QED) is 0.640. The first kappa shape index (κ1) is 16.6. The largest absolute Gasteiger partial charge is 0.330 e. The van der Waals surface area contributed by atoms with Crippen molar-refractivity contribution in [3.63, 3.8) is 0 Å². The van der Waals surface area contributed by atoms with Crippen molar-refractivity contribution < 1.29 is 4.79 Å². The molecular formula is C22H22BrNO. The lowest BCUT2D eigenvalue weighted by Gasteiger charge is -2.30. The number of halogens is 1. The highest BCUT2D eigenvalue weighted by molar-refractivity contribution is 9.10. The maximum atomic E-state index is 13.3. The summed E-state index contributed by atoms with van der Waals surface area (Å²) < 4.78 is 1.08. The van der Waals surface area contributed by atoms with Crippen LogP contribution in [0, 0.1) is 17.8 Å². The first-order valence-corrected chi connectivity index (χ1v) is 9.71. The van der Waals surface area contributed by atoms with Crippen LogP contribution in [0.2, 0.25) is 0 Å². The molecule has 2 aliphatic rings. The van der Waals surface area contributed by atoms with E-state index in [4.69, 9.17) is 0 Å². The number of rotatable bonds is 3. The fourth-order valence-corrected chi connectivity index (χ4v) is 4.80. The molecule has 0 radical (unpaired) electrons. The Balaban J connectivity index is 1.76. The van der Waals surface area contributed by atoms with Crippen molar-refractivity contribution in [1.82, 2.24) is 4.90 Å². The molecule has 1 amide bonds. The molecule has 3 heteroatoms. The first-order chi connectivity index (χ1) is 12.1. The van der Waals surface area contributed by atoms with E-state index in [1.54, 1.807) is 0 Å². The lowest BCUT2D eigenvalue weighted by atomic mass is 9.77. The van der Waals surface area contributed by atoms with Crippen molar-refractivity contribution >= 4 is 21.8 Å². The van der Waals surface area contributed by atoms with E-state index in [1.807, 2.05) is 24.3 Å². The predicted molar refractivity (Wildman–Crippen MR) is 104 cm³/mol. The Morgan fingerprint density at radius 2 is 1.76 bits per heavy atom. The number of allylic oxidation sites excluding steroid dienone is 1. The molecule has 0 aromatic heterocycles. The van der Waals surface area contributed by atoms with Gasteiger partial charge in [-0.15, -0.1) is 0 Å². The van der Waals surface area contributed by atoms with E-state index in [0.717, 1.165) is 10.9 Å². The van der Waals surface area contributed by atoms with Gasteiger partial charge in [0.15, 0.2) is 0 Å². The molecule has 2 aromatic carbocycles. The minimum Gasteiger partial charge on any atom is -0.330 e. The number of likely N-dealkylation sites (tertiary alicyclic amines) is 1. The number of benzene rings is 2. The topological polar surface area (TPSA) is 20.3 Å². The van der Waals surface area contributed by atoms with Crippen LogP contribution < -0.4 is 0 Å². The van der Waals surface area contributed by atoms with E-state index in [2.05, 4.69) is 70.2 Å². The van der Waals surface area contributed by atoms with Crippen LogP contribution in [-0.4, -0.2) is 10.8 Å². The summed E-state index contributed by atoms with van der Waals surface area (Å²) in [6, 6.07) is 18.7. The van der Waals surface area contributed by atoms with E-state index in [1.165, 1.54) is 11.1 Å². The summed E-state index contributed by atoms with van der Waals surface area (Å²) in [6.07, 6.45) is 5.52. The van der Waals surface area contributed by atoms with E-state index in [0.29, 0.717) is 18.4 Å². The van der Waals surface area contributed by atoms with Gasteiger partial charge in [-0.2, -0.15) is 0 Å². The third-order valence-corrected chi connectivity index (χ3v) is 6.19. The summed E-state index contributed by atoms with van der Waals surface area (Å²) in [7, 11) is 0. The third-order valence-electron chi connectivity index (χ3n) is 5.47. The molecule has 25 heavy (non-hydrogen) atoms. The maximum absolute atomic E-state index is 13.3. The number of carbonyl (C=O) groups excluding carboxylic acids is 1. The Kier molecular flexibility index (Phi) is 4.51. The van der Waals surface area contributed by atoms with Gasteiger partial charge >= 0.3 is 0 Å². The SMILES string of the molecule is C[C@@H]1C=C[C@@H]2[C@@H](C1)C(=O)N(Cc1ccccc1)[C@H]2c1ccccc1Br. The van der Waals surface area contributed by atoms with Gasteiger partial charge in [-0.25, -0.2) is 0 Å². The van der Waals surface area contributed by atoms with Gasteiger partial charge < -0.3 is 4.90 Å². The number of fused-ring (bicyclic) bond motifs is 1. The van der Waals surface area contributed by atoms with Crippen LogP contribution in [0.25, 0.3) is 0 Å². The number of hydrogen-bond acceptors (Lipinski definition) is 1. The van der Waals surface area contributed by atoms with E-state index in [-0.39, 0.29) is 17.9 Å². The zero-order valence-electron chi connectivity index (χ0n) is 14.3. The fourth-order valence-electron chi connectivity index (χ4n) is 4.28. The molecule has 1 heterocycles. The molecule has 2 aromatic rings. The van der Waals surface area contributed by atoms with E-state index < -0.39 is 0 Å². The molecule has 128 valence electrons. The standard InChI is InChI=1S/C22H22BrNO/c1-15-11-12-17-19(13-15)22(25)24(14-16-7-3-2-4-8-16)21(17)18-9-5-6-10-20(18)23/h2-12,15,17,19,21H,13-14H2,1H3/t15-,17-,19-,21-/m1/s1. The third kappa shape index (κ3) is 3.06. The monoisotopic (exact) mass is 395 g/mol. The zero-order valence-corrected chi connectivity index (χ0v) is 15.9. The van der Waals surface area contributed by atoms with Crippen LogP contribution in [0.15, 0.2) is 71.2 Å². The average molecular weight is 396 g/mol. The molecule has 0 bridgehead atoms. The minimum absolute atomic E-state index is 0.0945. The highest BCUT2D eigenvalue weighted by Crippen LogP contribution is 2.49. The second-order valence-corrected chi connectivity index (χ2v) is 8.05. The Morgan fingerprint density at radius 3 is 2.52 bits per heavy atom. The minimum atomic E-state index is 0.0945. The Morgan fingerprint density at radius 1 is 1.04 bits per heavy atom. The normalized spacial score (nSPS) is 28.2. The van der Waals surface area contributed by atoms with Gasteiger partial charge in [-0.05, 0) is 29.5 Å². The molecule has 0 spiro atoms. The fraction of sp³-hybridized carbons (Fsp3) is 0.318. The molecule has 1 fully saturated rings. The molecule has 1 saturated heterocycles. The van der Waals surface area contributed by atoms with Crippen molar-refractivity contribution in [2.24, 2.45) is 17.8 Å². The number of carbonyl (C=O) groups is 1. The molecular weight excluding hydrogens is 374 g/mol. The second kappa shape index (κ2) is 6.80. The molecule has 1 aliphatic carbocycles.